The molecule has 1 rings (SSSR count). The Hall–Kier alpha value is -1.01. The van der Waals surface area contributed by atoms with Gasteiger partial charge in [0.2, 0.25) is 0 Å². The van der Waals surface area contributed by atoms with E-state index in [1.165, 1.54) is 4.90 Å². The molecule has 0 unspecified atom stereocenters. The van der Waals surface area contributed by atoms with Crippen molar-refractivity contribution in [1.82, 2.24) is 5.43 Å². The lowest BCUT2D eigenvalue weighted by Gasteiger charge is -1.95. The summed E-state index contributed by atoms with van der Waals surface area (Å²) in [5, 5.41) is 5.69. The molecule has 6 heteroatoms. The molecule has 0 fully saturated rings. The minimum Gasteiger partial charge on any atom is -0.350 e. The molecule has 0 saturated heterocycles. The Morgan fingerprint density at radius 3 is 3.29 bits per heavy atom. The van der Waals surface area contributed by atoms with Crippen LogP contribution < -0.4 is 11.2 Å². The van der Waals surface area contributed by atoms with Crippen LogP contribution in [-0.4, -0.2) is 18.0 Å². The van der Waals surface area contributed by atoms with E-state index in [1.807, 2.05) is 11.4 Å². The summed E-state index contributed by atoms with van der Waals surface area (Å²) in [4.78, 5) is 12.5. The van der Waals surface area contributed by atoms with Gasteiger partial charge in [0.25, 0.3) is 0 Å². The van der Waals surface area contributed by atoms with Crippen LogP contribution in [-0.2, 0) is 0 Å². The van der Waals surface area contributed by atoms with Gasteiger partial charge < -0.3 is 5.73 Å². The third kappa shape index (κ3) is 3.39. The Labute approximate surface area is 90.6 Å². The molecule has 0 aliphatic heterocycles. The number of thiophene rings is 1. The zero-order chi connectivity index (χ0) is 10.4. The monoisotopic (exact) mass is 229 g/mol. The molecule has 14 heavy (non-hydrogen) atoms. The van der Waals surface area contributed by atoms with Crippen LogP contribution in [0.1, 0.15) is 11.8 Å². The summed E-state index contributed by atoms with van der Waals surface area (Å²) >= 11 is 3.32. The molecule has 1 heterocycles. The lowest BCUT2D eigenvalue weighted by molar-refractivity contribution is 0.249. The fourth-order valence-electron chi connectivity index (χ4n) is 0.833. The molecule has 0 spiro atoms. The molecule has 1 aromatic rings. The number of hydrazone groups is 1. The van der Waals surface area contributed by atoms with Gasteiger partial charge in [-0.05, 0) is 17.2 Å². The van der Waals surface area contributed by atoms with Crippen molar-refractivity contribution >= 4 is 35.3 Å². The summed E-state index contributed by atoms with van der Waals surface area (Å²) in [5.41, 5.74) is 7.02. The van der Waals surface area contributed by atoms with E-state index >= 15 is 0 Å². The standard InChI is InChI=1S/C8H11N3OS2/c1-2-13-6-3-4-14-7(6)5-10-11-8(9)12/h3-5H,2H2,1H3,(H3,9,11,12)/b10-5+. The van der Waals surface area contributed by atoms with Crippen LogP contribution in [0.4, 0.5) is 4.79 Å². The zero-order valence-electron chi connectivity index (χ0n) is 7.69. The van der Waals surface area contributed by atoms with E-state index in [-0.39, 0.29) is 0 Å². The van der Waals surface area contributed by atoms with E-state index in [4.69, 9.17) is 5.73 Å². The normalized spacial score (nSPS) is 10.6. The minimum absolute atomic E-state index is 0.650. The van der Waals surface area contributed by atoms with Gasteiger partial charge >= 0.3 is 6.03 Å². The molecule has 0 aliphatic rings. The highest BCUT2D eigenvalue weighted by molar-refractivity contribution is 7.99. The number of nitrogens with zero attached hydrogens (tertiary/aromatic N) is 1. The number of urea groups is 1. The summed E-state index contributed by atoms with van der Waals surface area (Å²) in [6.45, 7) is 2.09. The van der Waals surface area contributed by atoms with Gasteiger partial charge in [0, 0.05) is 4.90 Å². The fraction of sp³-hybridized carbons (Fsp3) is 0.250. The average molecular weight is 229 g/mol. The molecular weight excluding hydrogens is 218 g/mol. The SMILES string of the molecule is CCSc1ccsc1/C=N/NC(N)=O. The molecule has 2 amide bonds. The van der Waals surface area contributed by atoms with Crippen LogP contribution in [0.5, 0.6) is 0 Å². The largest absolute Gasteiger partial charge is 0.350 e. The van der Waals surface area contributed by atoms with Gasteiger partial charge in [0.1, 0.15) is 0 Å². The van der Waals surface area contributed by atoms with Crippen LogP contribution >= 0.6 is 23.1 Å². The Balaban J connectivity index is 2.61. The molecule has 3 N–H and O–H groups in total. The van der Waals surface area contributed by atoms with Crippen LogP contribution in [0.3, 0.4) is 0 Å². The van der Waals surface area contributed by atoms with Gasteiger partial charge in [-0.25, -0.2) is 10.2 Å². The minimum atomic E-state index is -0.650. The highest BCUT2D eigenvalue weighted by Crippen LogP contribution is 2.25. The number of hydrogen-bond donors (Lipinski definition) is 2. The first-order chi connectivity index (χ1) is 6.74. The molecule has 0 atom stereocenters. The smallest absolute Gasteiger partial charge is 0.332 e. The van der Waals surface area contributed by atoms with Gasteiger partial charge in [-0.2, -0.15) is 5.10 Å². The van der Waals surface area contributed by atoms with E-state index in [2.05, 4.69) is 17.5 Å². The van der Waals surface area contributed by atoms with Crippen molar-refractivity contribution in [2.45, 2.75) is 11.8 Å². The number of carbonyl (C=O) groups is 1. The molecular formula is C8H11N3OS2. The predicted molar refractivity (Wildman–Crippen MR) is 61.0 cm³/mol. The number of nitrogens with two attached hydrogens (primary N) is 1. The second-order valence-corrected chi connectivity index (χ2v) is 4.57. The van der Waals surface area contributed by atoms with Crippen molar-refractivity contribution in [2.24, 2.45) is 10.8 Å². The zero-order valence-corrected chi connectivity index (χ0v) is 9.32. The van der Waals surface area contributed by atoms with Crippen molar-refractivity contribution < 1.29 is 4.79 Å². The topological polar surface area (TPSA) is 67.5 Å². The van der Waals surface area contributed by atoms with Gasteiger partial charge in [0.15, 0.2) is 0 Å². The van der Waals surface area contributed by atoms with Crippen LogP contribution in [0.15, 0.2) is 21.4 Å². The van der Waals surface area contributed by atoms with E-state index in [9.17, 15) is 4.79 Å². The molecule has 0 radical (unpaired) electrons. The summed E-state index contributed by atoms with van der Waals surface area (Å²) in [6, 6.07) is 1.38. The highest BCUT2D eigenvalue weighted by Gasteiger charge is 2.00. The van der Waals surface area contributed by atoms with E-state index in [1.54, 1.807) is 29.3 Å². The summed E-state index contributed by atoms with van der Waals surface area (Å²) in [7, 11) is 0. The number of rotatable bonds is 4. The van der Waals surface area contributed by atoms with Crippen molar-refractivity contribution in [3.63, 3.8) is 0 Å². The number of nitrogens with one attached hydrogen (secondary N) is 1. The van der Waals surface area contributed by atoms with Crippen molar-refractivity contribution in [3.05, 3.63) is 16.3 Å². The number of hydrogen-bond acceptors (Lipinski definition) is 4. The third-order valence-electron chi connectivity index (χ3n) is 1.31. The van der Waals surface area contributed by atoms with Gasteiger partial charge in [-0.3, -0.25) is 0 Å². The number of carbonyl (C=O) groups excluding carboxylic acids is 1. The fourth-order valence-corrected chi connectivity index (χ4v) is 2.56. The summed E-state index contributed by atoms with van der Waals surface area (Å²) < 4.78 is 0. The Bertz CT molecular complexity index is 335. The maximum Gasteiger partial charge on any atom is 0.332 e. The molecule has 1 aromatic heterocycles. The lowest BCUT2D eigenvalue weighted by atomic mass is 10.5. The number of primary amides is 1. The Kier molecular flexibility index (Phi) is 4.48. The van der Waals surface area contributed by atoms with Gasteiger partial charge in [-0.15, -0.1) is 23.1 Å². The van der Waals surface area contributed by atoms with Crippen LogP contribution in [0.25, 0.3) is 0 Å². The maximum atomic E-state index is 10.3. The molecule has 0 saturated carbocycles. The first-order valence-electron chi connectivity index (χ1n) is 4.03. The molecule has 4 nitrogen and oxygen atoms in total. The molecule has 0 aromatic carbocycles. The number of thioether (sulfide) groups is 1. The van der Waals surface area contributed by atoms with Crippen molar-refractivity contribution in [1.29, 1.82) is 0 Å². The first kappa shape index (κ1) is 11.1. The maximum absolute atomic E-state index is 10.3. The Morgan fingerprint density at radius 2 is 2.64 bits per heavy atom. The second kappa shape index (κ2) is 5.66. The highest BCUT2D eigenvalue weighted by atomic mass is 32.2. The Morgan fingerprint density at radius 1 is 1.86 bits per heavy atom. The van der Waals surface area contributed by atoms with Crippen molar-refractivity contribution in [3.8, 4) is 0 Å². The van der Waals surface area contributed by atoms with Gasteiger partial charge in [-0.1, -0.05) is 6.92 Å². The second-order valence-electron chi connectivity index (χ2n) is 2.32. The average Bonchev–Trinajstić information content (AvgIpc) is 2.53. The summed E-state index contributed by atoms with van der Waals surface area (Å²) in [6.07, 6.45) is 1.60. The number of amides is 2. The molecule has 76 valence electrons. The van der Waals surface area contributed by atoms with E-state index in [0.29, 0.717) is 0 Å². The summed E-state index contributed by atoms with van der Waals surface area (Å²) in [5.74, 6) is 1.01. The predicted octanol–water partition coefficient (Wildman–Crippen LogP) is 1.86. The molecule has 0 aliphatic carbocycles. The van der Waals surface area contributed by atoms with E-state index < -0.39 is 6.03 Å². The van der Waals surface area contributed by atoms with Crippen LogP contribution in [0, 0.1) is 0 Å². The lowest BCUT2D eigenvalue weighted by Crippen LogP contribution is -2.24. The van der Waals surface area contributed by atoms with Crippen LogP contribution in [0.2, 0.25) is 0 Å². The third-order valence-corrected chi connectivity index (χ3v) is 3.25. The van der Waals surface area contributed by atoms with Crippen molar-refractivity contribution in [2.75, 3.05) is 5.75 Å². The van der Waals surface area contributed by atoms with E-state index in [0.717, 1.165) is 10.6 Å². The molecule has 0 bridgehead atoms. The van der Waals surface area contributed by atoms with Gasteiger partial charge in [0.05, 0.1) is 11.1 Å². The quantitative estimate of drug-likeness (QED) is 0.470. The first-order valence-corrected chi connectivity index (χ1v) is 5.89.